The SMILES string of the molecule is COc1ccc(NCC(C)N2CCNCC2)cc1. The molecule has 100 valence electrons. The molecule has 18 heavy (non-hydrogen) atoms. The minimum atomic E-state index is 0.564. The summed E-state index contributed by atoms with van der Waals surface area (Å²) in [6.45, 7) is 7.75. The van der Waals surface area contributed by atoms with Gasteiger partial charge in [0.25, 0.3) is 0 Å². The number of nitrogens with one attached hydrogen (secondary N) is 2. The number of anilines is 1. The Balaban J connectivity index is 1.78. The lowest BCUT2D eigenvalue weighted by molar-refractivity contribution is 0.191. The van der Waals surface area contributed by atoms with Crippen LogP contribution in [0.15, 0.2) is 24.3 Å². The molecule has 0 aliphatic carbocycles. The minimum Gasteiger partial charge on any atom is -0.497 e. The summed E-state index contributed by atoms with van der Waals surface area (Å²) in [5.74, 6) is 0.899. The van der Waals surface area contributed by atoms with Crippen molar-refractivity contribution in [2.24, 2.45) is 0 Å². The topological polar surface area (TPSA) is 36.5 Å². The Morgan fingerprint density at radius 3 is 2.56 bits per heavy atom. The van der Waals surface area contributed by atoms with Crippen molar-refractivity contribution in [1.29, 1.82) is 0 Å². The summed E-state index contributed by atoms with van der Waals surface area (Å²) in [5.41, 5.74) is 1.15. The average molecular weight is 249 g/mol. The maximum Gasteiger partial charge on any atom is 0.119 e. The Bertz CT molecular complexity index is 347. The van der Waals surface area contributed by atoms with Gasteiger partial charge in [0.1, 0.15) is 5.75 Å². The monoisotopic (exact) mass is 249 g/mol. The molecule has 1 unspecified atom stereocenters. The third-order valence-corrected chi connectivity index (χ3v) is 3.47. The molecule has 1 heterocycles. The fourth-order valence-corrected chi connectivity index (χ4v) is 2.23. The second-order valence-corrected chi connectivity index (χ2v) is 4.74. The zero-order chi connectivity index (χ0) is 12.8. The maximum atomic E-state index is 5.15. The van der Waals surface area contributed by atoms with E-state index >= 15 is 0 Å². The Morgan fingerprint density at radius 2 is 1.94 bits per heavy atom. The van der Waals surface area contributed by atoms with Crippen LogP contribution in [0.5, 0.6) is 5.75 Å². The number of ether oxygens (including phenoxy) is 1. The Kier molecular flexibility index (Phi) is 4.84. The molecule has 4 heteroatoms. The minimum absolute atomic E-state index is 0.564. The van der Waals surface area contributed by atoms with Crippen LogP contribution in [0.4, 0.5) is 5.69 Å². The van der Waals surface area contributed by atoms with Gasteiger partial charge in [-0.2, -0.15) is 0 Å². The van der Waals surface area contributed by atoms with Crippen LogP contribution in [0.25, 0.3) is 0 Å². The molecule has 0 radical (unpaired) electrons. The molecular formula is C14H23N3O. The summed E-state index contributed by atoms with van der Waals surface area (Å²) in [5, 5.41) is 6.86. The van der Waals surface area contributed by atoms with Crippen LogP contribution >= 0.6 is 0 Å². The number of piperazine rings is 1. The van der Waals surface area contributed by atoms with E-state index in [2.05, 4.69) is 34.6 Å². The lowest BCUT2D eigenvalue weighted by Crippen LogP contribution is -2.49. The Hall–Kier alpha value is -1.26. The number of hydrogen-bond donors (Lipinski definition) is 2. The summed E-state index contributed by atoms with van der Waals surface area (Å²) in [7, 11) is 1.69. The van der Waals surface area contributed by atoms with Crippen molar-refractivity contribution in [3.8, 4) is 5.75 Å². The van der Waals surface area contributed by atoms with E-state index in [4.69, 9.17) is 4.74 Å². The molecule has 0 aromatic heterocycles. The number of methoxy groups -OCH3 is 1. The van der Waals surface area contributed by atoms with Gasteiger partial charge in [0.05, 0.1) is 7.11 Å². The molecule has 2 rings (SSSR count). The van der Waals surface area contributed by atoms with Crippen molar-refractivity contribution >= 4 is 5.69 Å². The van der Waals surface area contributed by atoms with Gasteiger partial charge in [-0.25, -0.2) is 0 Å². The number of nitrogens with zero attached hydrogens (tertiary/aromatic N) is 1. The highest BCUT2D eigenvalue weighted by molar-refractivity contribution is 5.46. The van der Waals surface area contributed by atoms with Crippen molar-refractivity contribution in [3.63, 3.8) is 0 Å². The molecule has 1 aliphatic rings. The van der Waals surface area contributed by atoms with Gasteiger partial charge in [0, 0.05) is 44.5 Å². The average Bonchev–Trinajstić information content (AvgIpc) is 2.46. The summed E-state index contributed by atoms with van der Waals surface area (Å²) in [4.78, 5) is 2.52. The highest BCUT2D eigenvalue weighted by Crippen LogP contribution is 2.15. The van der Waals surface area contributed by atoms with Crippen molar-refractivity contribution in [1.82, 2.24) is 10.2 Å². The zero-order valence-corrected chi connectivity index (χ0v) is 11.3. The fraction of sp³-hybridized carbons (Fsp3) is 0.571. The second-order valence-electron chi connectivity index (χ2n) is 4.74. The molecular weight excluding hydrogens is 226 g/mol. The number of rotatable bonds is 5. The van der Waals surface area contributed by atoms with Crippen LogP contribution in [0.2, 0.25) is 0 Å². The highest BCUT2D eigenvalue weighted by Gasteiger charge is 2.15. The molecule has 1 aromatic carbocycles. The van der Waals surface area contributed by atoms with Crippen LogP contribution in [0.3, 0.4) is 0 Å². The Labute approximate surface area is 109 Å². The first-order valence-corrected chi connectivity index (χ1v) is 6.62. The first-order valence-electron chi connectivity index (χ1n) is 6.62. The van der Waals surface area contributed by atoms with Gasteiger partial charge in [-0.15, -0.1) is 0 Å². The Morgan fingerprint density at radius 1 is 1.28 bits per heavy atom. The molecule has 2 N–H and O–H groups in total. The number of benzene rings is 1. The molecule has 0 bridgehead atoms. The van der Waals surface area contributed by atoms with E-state index in [9.17, 15) is 0 Å². The maximum absolute atomic E-state index is 5.15. The van der Waals surface area contributed by atoms with Crippen LogP contribution in [-0.2, 0) is 0 Å². The second kappa shape index (κ2) is 6.61. The third-order valence-electron chi connectivity index (χ3n) is 3.47. The van der Waals surface area contributed by atoms with Crippen LogP contribution in [0.1, 0.15) is 6.92 Å². The van der Waals surface area contributed by atoms with Gasteiger partial charge >= 0.3 is 0 Å². The predicted octanol–water partition coefficient (Wildman–Crippen LogP) is 1.40. The largest absolute Gasteiger partial charge is 0.497 e. The molecule has 1 aliphatic heterocycles. The van der Waals surface area contributed by atoms with Gasteiger partial charge in [0.2, 0.25) is 0 Å². The molecule has 1 saturated heterocycles. The fourth-order valence-electron chi connectivity index (χ4n) is 2.23. The van der Waals surface area contributed by atoms with Crippen molar-refractivity contribution in [3.05, 3.63) is 24.3 Å². The van der Waals surface area contributed by atoms with Gasteiger partial charge in [0.15, 0.2) is 0 Å². The van der Waals surface area contributed by atoms with Crippen molar-refractivity contribution < 1.29 is 4.74 Å². The number of hydrogen-bond acceptors (Lipinski definition) is 4. The molecule has 0 spiro atoms. The predicted molar refractivity (Wildman–Crippen MR) is 75.4 cm³/mol. The summed E-state index contributed by atoms with van der Waals surface area (Å²) < 4.78 is 5.15. The third kappa shape index (κ3) is 3.62. The lowest BCUT2D eigenvalue weighted by atomic mass is 10.2. The quantitative estimate of drug-likeness (QED) is 0.827. The van der Waals surface area contributed by atoms with Gasteiger partial charge in [-0.05, 0) is 31.2 Å². The van der Waals surface area contributed by atoms with E-state index in [0.717, 1.165) is 44.2 Å². The molecule has 1 atom stereocenters. The standard InChI is InChI=1S/C14H23N3O/c1-12(17-9-7-15-8-10-17)11-16-13-3-5-14(18-2)6-4-13/h3-6,12,15-16H,7-11H2,1-2H3. The zero-order valence-electron chi connectivity index (χ0n) is 11.3. The van der Waals surface area contributed by atoms with Crippen LogP contribution < -0.4 is 15.4 Å². The molecule has 1 fully saturated rings. The summed E-state index contributed by atoms with van der Waals surface area (Å²) in [6.07, 6.45) is 0. The first-order chi connectivity index (χ1) is 8.79. The van der Waals surface area contributed by atoms with E-state index in [1.54, 1.807) is 7.11 Å². The normalized spacial score (nSPS) is 18.3. The molecule has 0 saturated carbocycles. The molecule has 0 amide bonds. The van der Waals surface area contributed by atoms with Crippen molar-refractivity contribution in [2.45, 2.75) is 13.0 Å². The van der Waals surface area contributed by atoms with E-state index in [-0.39, 0.29) is 0 Å². The molecule has 4 nitrogen and oxygen atoms in total. The summed E-state index contributed by atoms with van der Waals surface area (Å²) >= 11 is 0. The van der Waals surface area contributed by atoms with E-state index < -0.39 is 0 Å². The van der Waals surface area contributed by atoms with Gasteiger partial charge in [-0.3, -0.25) is 4.90 Å². The summed E-state index contributed by atoms with van der Waals surface area (Å²) in [6, 6.07) is 8.65. The van der Waals surface area contributed by atoms with E-state index in [1.807, 2.05) is 12.1 Å². The van der Waals surface area contributed by atoms with Crippen LogP contribution in [0, 0.1) is 0 Å². The lowest BCUT2D eigenvalue weighted by Gasteiger charge is -2.33. The van der Waals surface area contributed by atoms with Gasteiger partial charge < -0.3 is 15.4 Å². The smallest absolute Gasteiger partial charge is 0.119 e. The van der Waals surface area contributed by atoms with E-state index in [1.165, 1.54) is 0 Å². The molecule has 1 aromatic rings. The van der Waals surface area contributed by atoms with E-state index in [0.29, 0.717) is 6.04 Å². The van der Waals surface area contributed by atoms with Crippen molar-refractivity contribution in [2.75, 3.05) is 45.2 Å². The van der Waals surface area contributed by atoms with Gasteiger partial charge in [-0.1, -0.05) is 0 Å². The first kappa shape index (κ1) is 13.2. The van der Waals surface area contributed by atoms with Crippen LogP contribution in [-0.4, -0.2) is 50.8 Å². The highest BCUT2D eigenvalue weighted by atomic mass is 16.5.